The number of benzene rings is 1. The van der Waals surface area contributed by atoms with Gasteiger partial charge < -0.3 is 5.73 Å². The SMILES string of the molecule is CCCCC[C@H](N)c1cccc(C(F)(F)F)c1Cl. The largest absolute Gasteiger partial charge is 0.417 e. The summed E-state index contributed by atoms with van der Waals surface area (Å²) >= 11 is 5.80. The van der Waals surface area contributed by atoms with Crippen LogP contribution in [0, 0.1) is 0 Å². The number of unbranched alkanes of at least 4 members (excludes halogenated alkanes) is 2. The summed E-state index contributed by atoms with van der Waals surface area (Å²) in [6, 6.07) is 3.45. The molecule has 18 heavy (non-hydrogen) atoms. The Balaban J connectivity index is 2.90. The molecule has 0 heterocycles. The highest BCUT2D eigenvalue weighted by atomic mass is 35.5. The fourth-order valence-electron chi connectivity index (χ4n) is 1.82. The van der Waals surface area contributed by atoms with Gasteiger partial charge in [-0.1, -0.05) is 49.9 Å². The normalized spacial score (nSPS) is 13.7. The molecule has 0 aliphatic rings. The summed E-state index contributed by atoms with van der Waals surface area (Å²) in [5, 5.41) is -0.269. The first-order chi connectivity index (χ1) is 8.38. The minimum atomic E-state index is -4.43. The van der Waals surface area contributed by atoms with Crippen LogP contribution in [0.4, 0.5) is 13.2 Å². The van der Waals surface area contributed by atoms with E-state index in [1.165, 1.54) is 6.07 Å². The van der Waals surface area contributed by atoms with Gasteiger partial charge in [0.2, 0.25) is 0 Å². The lowest BCUT2D eigenvalue weighted by Crippen LogP contribution is -2.14. The number of halogens is 4. The monoisotopic (exact) mass is 279 g/mol. The average Bonchev–Trinajstić information content (AvgIpc) is 2.28. The zero-order chi connectivity index (χ0) is 13.8. The van der Waals surface area contributed by atoms with E-state index < -0.39 is 17.8 Å². The van der Waals surface area contributed by atoms with Crippen molar-refractivity contribution >= 4 is 11.6 Å². The Morgan fingerprint density at radius 2 is 1.94 bits per heavy atom. The van der Waals surface area contributed by atoms with E-state index in [-0.39, 0.29) is 5.02 Å². The van der Waals surface area contributed by atoms with E-state index in [1.807, 2.05) is 0 Å². The molecule has 0 amide bonds. The first-order valence-electron chi connectivity index (χ1n) is 5.99. The topological polar surface area (TPSA) is 26.0 Å². The maximum atomic E-state index is 12.7. The lowest BCUT2D eigenvalue weighted by molar-refractivity contribution is -0.137. The molecule has 0 aliphatic carbocycles. The molecule has 0 bridgehead atoms. The molecule has 0 aromatic heterocycles. The van der Waals surface area contributed by atoms with Gasteiger partial charge in [-0.15, -0.1) is 0 Å². The Morgan fingerprint density at radius 3 is 2.50 bits per heavy atom. The van der Waals surface area contributed by atoms with Crippen molar-refractivity contribution < 1.29 is 13.2 Å². The van der Waals surface area contributed by atoms with Crippen LogP contribution in [-0.4, -0.2) is 0 Å². The maximum Gasteiger partial charge on any atom is 0.417 e. The Kier molecular flexibility index (Phi) is 5.47. The fourth-order valence-corrected chi connectivity index (χ4v) is 2.20. The summed E-state index contributed by atoms with van der Waals surface area (Å²) in [6.07, 6.45) is -0.831. The molecule has 0 saturated carbocycles. The molecule has 5 heteroatoms. The summed E-state index contributed by atoms with van der Waals surface area (Å²) < 4.78 is 38.0. The second kappa shape index (κ2) is 6.43. The van der Waals surface area contributed by atoms with E-state index in [2.05, 4.69) is 6.92 Å². The highest BCUT2D eigenvalue weighted by Crippen LogP contribution is 2.38. The summed E-state index contributed by atoms with van der Waals surface area (Å²) in [5.74, 6) is 0. The summed E-state index contributed by atoms with van der Waals surface area (Å²) in [6.45, 7) is 2.06. The molecular formula is C13H17ClF3N. The molecule has 1 aromatic rings. The number of alkyl halides is 3. The average molecular weight is 280 g/mol. The molecular weight excluding hydrogens is 263 g/mol. The van der Waals surface area contributed by atoms with Crippen LogP contribution in [0.15, 0.2) is 18.2 Å². The number of hydrogen-bond donors (Lipinski definition) is 1. The molecule has 0 radical (unpaired) electrons. The first-order valence-corrected chi connectivity index (χ1v) is 6.37. The molecule has 0 saturated heterocycles. The minimum Gasteiger partial charge on any atom is -0.324 e. The van der Waals surface area contributed by atoms with Crippen molar-refractivity contribution in [3.8, 4) is 0 Å². The number of nitrogens with two attached hydrogens (primary N) is 1. The van der Waals surface area contributed by atoms with E-state index >= 15 is 0 Å². The molecule has 0 spiro atoms. The van der Waals surface area contributed by atoms with Gasteiger partial charge in [0.1, 0.15) is 0 Å². The van der Waals surface area contributed by atoms with Crippen LogP contribution in [0.3, 0.4) is 0 Å². The van der Waals surface area contributed by atoms with Crippen molar-refractivity contribution in [1.82, 2.24) is 0 Å². The van der Waals surface area contributed by atoms with Crippen LogP contribution in [0.25, 0.3) is 0 Å². The highest BCUT2D eigenvalue weighted by molar-refractivity contribution is 6.32. The molecule has 1 nitrogen and oxygen atoms in total. The molecule has 0 fully saturated rings. The van der Waals surface area contributed by atoms with Gasteiger partial charge in [-0.2, -0.15) is 13.2 Å². The standard InChI is InChI=1S/C13H17ClF3N/c1-2-3-4-8-11(18)9-6-5-7-10(12(9)14)13(15,16)17/h5-7,11H,2-4,8,18H2,1H3/t11-/m0/s1. The Morgan fingerprint density at radius 1 is 1.28 bits per heavy atom. The third-order valence-electron chi connectivity index (χ3n) is 2.85. The van der Waals surface area contributed by atoms with Gasteiger partial charge in [0.25, 0.3) is 0 Å². The van der Waals surface area contributed by atoms with Crippen LogP contribution < -0.4 is 5.73 Å². The van der Waals surface area contributed by atoms with E-state index in [0.717, 1.165) is 25.3 Å². The van der Waals surface area contributed by atoms with Gasteiger partial charge in [0.15, 0.2) is 0 Å². The van der Waals surface area contributed by atoms with Gasteiger partial charge in [-0.25, -0.2) is 0 Å². The number of hydrogen-bond acceptors (Lipinski definition) is 1. The maximum absolute atomic E-state index is 12.7. The second-order valence-electron chi connectivity index (χ2n) is 4.31. The van der Waals surface area contributed by atoms with Crippen LogP contribution in [0.2, 0.25) is 5.02 Å². The van der Waals surface area contributed by atoms with Crippen LogP contribution in [0.1, 0.15) is 49.8 Å². The summed E-state index contributed by atoms with van der Waals surface area (Å²) in [7, 11) is 0. The molecule has 1 atom stereocenters. The summed E-state index contributed by atoms with van der Waals surface area (Å²) in [4.78, 5) is 0. The molecule has 1 rings (SSSR count). The van der Waals surface area contributed by atoms with E-state index in [0.29, 0.717) is 12.0 Å². The van der Waals surface area contributed by atoms with Gasteiger partial charge >= 0.3 is 6.18 Å². The molecule has 2 N–H and O–H groups in total. The van der Waals surface area contributed by atoms with Gasteiger partial charge in [0.05, 0.1) is 10.6 Å². The van der Waals surface area contributed by atoms with Gasteiger partial charge in [-0.05, 0) is 18.1 Å². The van der Waals surface area contributed by atoms with Crippen molar-refractivity contribution in [2.45, 2.75) is 44.8 Å². The summed E-state index contributed by atoms with van der Waals surface area (Å²) in [5.41, 5.74) is 5.46. The van der Waals surface area contributed by atoms with Crippen molar-refractivity contribution in [2.24, 2.45) is 5.73 Å². The second-order valence-corrected chi connectivity index (χ2v) is 4.69. The molecule has 0 aliphatic heterocycles. The van der Waals surface area contributed by atoms with E-state index in [4.69, 9.17) is 17.3 Å². The zero-order valence-corrected chi connectivity index (χ0v) is 11.0. The molecule has 1 aromatic carbocycles. The van der Waals surface area contributed by atoms with Crippen LogP contribution >= 0.6 is 11.6 Å². The van der Waals surface area contributed by atoms with Crippen LogP contribution in [0.5, 0.6) is 0 Å². The van der Waals surface area contributed by atoms with Crippen molar-refractivity contribution in [3.63, 3.8) is 0 Å². The van der Waals surface area contributed by atoms with Gasteiger partial charge in [0, 0.05) is 6.04 Å². The molecule has 102 valence electrons. The van der Waals surface area contributed by atoms with Crippen LogP contribution in [-0.2, 0) is 6.18 Å². The van der Waals surface area contributed by atoms with E-state index in [9.17, 15) is 13.2 Å². The van der Waals surface area contributed by atoms with Crippen molar-refractivity contribution in [3.05, 3.63) is 34.3 Å². The third-order valence-corrected chi connectivity index (χ3v) is 3.27. The Bertz CT molecular complexity index is 390. The quantitative estimate of drug-likeness (QED) is 0.759. The Labute approximate surface area is 110 Å². The highest BCUT2D eigenvalue weighted by Gasteiger charge is 2.34. The minimum absolute atomic E-state index is 0.269. The first kappa shape index (κ1) is 15.3. The molecule has 0 unspecified atom stereocenters. The van der Waals surface area contributed by atoms with Crippen molar-refractivity contribution in [1.29, 1.82) is 0 Å². The zero-order valence-electron chi connectivity index (χ0n) is 10.2. The lowest BCUT2D eigenvalue weighted by Gasteiger charge is -2.17. The Hall–Kier alpha value is -0.740. The van der Waals surface area contributed by atoms with Gasteiger partial charge in [-0.3, -0.25) is 0 Å². The number of rotatable bonds is 5. The smallest absolute Gasteiger partial charge is 0.324 e. The predicted octanol–water partition coefficient (Wildman–Crippen LogP) is 4.94. The lowest BCUT2D eigenvalue weighted by atomic mass is 9.99. The fraction of sp³-hybridized carbons (Fsp3) is 0.538. The third kappa shape index (κ3) is 3.89. The predicted molar refractivity (Wildman–Crippen MR) is 67.5 cm³/mol. The van der Waals surface area contributed by atoms with E-state index in [1.54, 1.807) is 6.07 Å². The van der Waals surface area contributed by atoms with Crippen molar-refractivity contribution in [2.75, 3.05) is 0 Å².